The molecule has 0 bridgehead atoms. The SMILES string of the molecule is N#Cc1cc(Cl)ccc1NC1CCCCCCC1. The van der Waals surface area contributed by atoms with Gasteiger partial charge in [-0.3, -0.25) is 0 Å². The van der Waals surface area contributed by atoms with E-state index in [2.05, 4.69) is 11.4 Å². The first-order valence-electron chi connectivity index (χ1n) is 6.76. The average molecular weight is 263 g/mol. The molecule has 0 amide bonds. The summed E-state index contributed by atoms with van der Waals surface area (Å²) in [5.41, 5.74) is 1.57. The van der Waals surface area contributed by atoms with Gasteiger partial charge in [-0.05, 0) is 31.0 Å². The lowest BCUT2D eigenvalue weighted by molar-refractivity contribution is 0.471. The van der Waals surface area contributed by atoms with Gasteiger partial charge in [0.05, 0.1) is 11.3 Å². The standard InChI is InChI=1S/C15H19ClN2/c16-13-8-9-15(12(10-13)11-17)18-14-6-4-2-1-3-5-7-14/h8-10,14,18H,1-7H2. The Morgan fingerprint density at radius 3 is 2.44 bits per heavy atom. The van der Waals surface area contributed by atoms with E-state index in [1.54, 1.807) is 6.07 Å². The molecule has 0 aromatic heterocycles. The van der Waals surface area contributed by atoms with Crippen molar-refractivity contribution in [2.24, 2.45) is 0 Å². The van der Waals surface area contributed by atoms with E-state index >= 15 is 0 Å². The summed E-state index contributed by atoms with van der Waals surface area (Å²) in [5, 5.41) is 13.3. The molecule has 1 aliphatic rings. The maximum atomic E-state index is 9.12. The average Bonchev–Trinajstić information content (AvgIpc) is 2.34. The molecule has 0 unspecified atom stereocenters. The molecule has 1 aliphatic carbocycles. The smallest absolute Gasteiger partial charge is 0.101 e. The molecule has 0 radical (unpaired) electrons. The molecule has 2 rings (SSSR count). The number of benzene rings is 1. The Morgan fingerprint density at radius 1 is 1.11 bits per heavy atom. The molecule has 1 saturated carbocycles. The topological polar surface area (TPSA) is 35.8 Å². The predicted molar refractivity (Wildman–Crippen MR) is 75.9 cm³/mol. The largest absolute Gasteiger partial charge is 0.381 e. The van der Waals surface area contributed by atoms with Gasteiger partial charge in [0, 0.05) is 11.1 Å². The van der Waals surface area contributed by atoms with Crippen LogP contribution >= 0.6 is 11.6 Å². The molecular formula is C15H19ClN2. The Bertz CT molecular complexity index is 429. The van der Waals surface area contributed by atoms with Gasteiger partial charge in [-0.25, -0.2) is 0 Å². The molecule has 1 aromatic rings. The van der Waals surface area contributed by atoms with E-state index in [4.69, 9.17) is 16.9 Å². The summed E-state index contributed by atoms with van der Waals surface area (Å²) < 4.78 is 0. The van der Waals surface area contributed by atoms with E-state index in [9.17, 15) is 0 Å². The lowest BCUT2D eigenvalue weighted by Crippen LogP contribution is -2.21. The van der Waals surface area contributed by atoms with Gasteiger partial charge in [0.1, 0.15) is 6.07 Å². The third-order valence-electron chi connectivity index (χ3n) is 3.57. The number of halogens is 1. The first kappa shape index (κ1) is 13.2. The van der Waals surface area contributed by atoms with Gasteiger partial charge < -0.3 is 5.32 Å². The second-order valence-corrected chi connectivity index (χ2v) is 5.42. The first-order valence-corrected chi connectivity index (χ1v) is 7.13. The van der Waals surface area contributed by atoms with Crippen LogP contribution in [-0.2, 0) is 0 Å². The van der Waals surface area contributed by atoms with Crippen molar-refractivity contribution in [1.29, 1.82) is 5.26 Å². The summed E-state index contributed by atoms with van der Waals surface area (Å²) in [6, 6.07) is 8.19. The lowest BCUT2D eigenvalue weighted by Gasteiger charge is -2.22. The first-order chi connectivity index (χ1) is 8.79. The maximum Gasteiger partial charge on any atom is 0.101 e. The third kappa shape index (κ3) is 3.65. The Kier molecular flexibility index (Phi) is 4.90. The van der Waals surface area contributed by atoms with E-state index < -0.39 is 0 Å². The molecule has 0 spiro atoms. The normalized spacial score (nSPS) is 17.6. The van der Waals surface area contributed by atoms with Crippen LogP contribution in [0, 0.1) is 11.3 Å². The number of nitrogens with zero attached hydrogens (tertiary/aromatic N) is 1. The van der Waals surface area contributed by atoms with Crippen LogP contribution in [0.1, 0.15) is 50.5 Å². The highest BCUT2D eigenvalue weighted by atomic mass is 35.5. The number of hydrogen-bond acceptors (Lipinski definition) is 2. The van der Waals surface area contributed by atoms with Crippen molar-refractivity contribution in [3.05, 3.63) is 28.8 Å². The second kappa shape index (κ2) is 6.66. The van der Waals surface area contributed by atoms with Crippen LogP contribution in [0.25, 0.3) is 0 Å². The summed E-state index contributed by atoms with van der Waals surface area (Å²) >= 11 is 5.91. The maximum absolute atomic E-state index is 9.12. The monoisotopic (exact) mass is 262 g/mol. The van der Waals surface area contributed by atoms with Crippen molar-refractivity contribution in [1.82, 2.24) is 0 Å². The van der Waals surface area contributed by atoms with Crippen molar-refractivity contribution >= 4 is 17.3 Å². The van der Waals surface area contributed by atoms with Crippen LogP contribution in [0.5, 0.6) is 0 Å². The van der Waals surface area contributed by atoms with E-state index in [1.165, 1.54) is 44.9 Å². The van der Waals surface area contributed by atoms with E-state index in [0.717, 1.165) is 5.69 Å². The lowest BCUT2D eigenvalue weighted by atomic mass is 9.96. The van der Waals surface area contributed by atoms with Crippen molar-refractivity contribution in [3.63, 3.8) is 0 Å². The molecule has 0 heterocycles. The van der Waals surface area contributed by atoms with Crippen LogP contribution in [0.3, 0.4) is 0 Å². The fourth-order valence-corrected chi connectivity index (χ4v) is 2.73. The van der Waals surface area contributed by atoms with Gasteiger partial charge in [0.25, 0.3) is 0 Å². The Labute approximate surface area is 114 Å². The minimum absolute atomic E-state index is 0.499. The van der Waals surface area contributed by atoms with Crippen molar-refractivity contribution in [2.75, 3.05) is 5.32 Å². The van der Waals surface area contributed by atoms with Gasteiger partial charge in [-0.2, -0.15) is 5.26 Å². The Morgan fingerprint density at radius 2 is 1.78 bits per heavy atom. The summed E-state index contributed by atoms with van der Waals surface area (Å²) in [6.45, 7) is 0. The Balaban J connectivity index is 2.05. The zero-order valence-electron chi connectivity index (χ0n) is 10.6. The van der Waals surface area contributed by atoms with E-state index in [0.29, 0.717) is 16.6 Å². The number of nitrogens with one attached hydrogen (secondary N) is 1. The molecule has 1 N–H and O–H groups in total. The quantitative estimate of drug-likeness (QED) is 0.836. The van der Waals surface area contributed by atoms with Crippen LogP contribution in [0.4, 0.5) is 5.69 Å². The minimum atomic E-state index is 0.499. The molecule has 1 fully saturated rings. The van der Waals surface area contributed by atoms with Crippen LogP contribution < -0.4 is 5.32 Å². The summed E-state index contributed by atoms with van der Waals surface area (Å²) in [7, 11) is 0. The molecule has 0 saturated heterocycles. The van der Waals surface area contributed by atoms with E-state index in [-0.39, 0.29) is 0 Å². The van der Waals surface area contributed by atoms with Crippen LogP contribution in [0.15, 0.2) is 18.2 Å². The highest BCUT2D eigenvalue weighted by Crippen LogP contribution is 2.24. The van der Waals surface area contributed by atoms with Gasteiger partial charge in [-0.1, -0.05) is 43.7 Å². The minimum Gasteiger partial charge on any atom is -0.381 e. The highest BCUT2D eigenvalue weighted by Gasteiger charge is 2.12. The van der Waals surface area contributed by atoms with Gasteiger partial charge >= 0.3 is 0 Å². The molecule has 0 aliphatic heterocycles. The number of anilines is 1. The molecule has 18 heavy (non-hydrogen) atoms. The van der Waals surface area contributed by atoms with Crippen LogP contribution in [-0.4, -0.2) is 6.04 Å². The van der Waals surface area contributed by atoms with Gasteiger partial charge in [0.2, 0.25) is 0 Å². The fraction of sp³-hybridized carbons (Fsp3) is 0.533. The highest BCUT2D eigenvalue weighted by molar-refractivity contribution is 6.30. The van der Waals surface area contributed by atoms with Crippen molar-refractivity contribution < 1.29 is 0 Å². The van der Waals surface area contributed by atoms with E-state index in [1.807, 2.05) is 12.1 Å². The number of hydrogen-bond donors (Lipinski definition) is 1. The van der Waals surface area contributed by atoms with Crippen molar-refractivity contribution in [3.8, 4) is 6.07 Å². The van der Waals surface area contributed by atoms with Crippen molar-refractivity contribution in [2.45, 2.75) is 51.0 Å². The second-order valence-electron chi connectivity index (χ2n) is 4.99. The van der Waals surface area contributed by atoms with Gasteiger partial charge in [-0.15, -0.1) is 0 Å². The summed E-state index contributed by atoms with van der Waals surface area (Å²) in [5.74, 6) is 0. The fourth-order valence-electron chi connectivity index (χ4n) is 2.56. The third-order valence-corrected chi connectivity index (χ3v) is 3.80. The zero-order valence-corrected chi connectivity index (χ0v) is 11.3. The molecule has 96 valence electrons. The predicted octanol–water partition coefficient (Wildman–Crippen LogP) is 4.74. The Hall–Kier alpha value is -1.20. The molecular weight excluding hydrogens is 244 g/mol. The van der Waals surface area contributed by atoms with Gasteiger partial charge in [0.15, 0.2) is 0 Å². The number of rotatable bonds is 2. The molecule has 2 nitrogen and oxygen atoms in total. The summed E-state index contributed by atoms with van der Waals surface area (Å²) in [4.78, 5) is 0. The van der Waals surface area contributed by atoms with Crippen LogP contribution in [0.2, 0.25) is 5.02 Å². The zero-order chi connectivity index (χ0) is 12.8. The molecule has 1 aromatic carbocycles. The molecule has 3 heteroatoms. The molecule has 0 atom stereocenters. The summed E-state index contributed by atoms with van der Waals surface area (Å²) in [6.07, 6.45) is 9.02. The number of nitriles is 1.